The summed E-state index contributed by atoms with van der Waals surface area (Å²) >= 11 is 12.5. The van der Waals surface area contributed by atoms with Gasteiger partial charge in [-0.15, -0.1) is 0 Å². The van der Waals surface area contributed by atoms with Gasteiger partial charge in [-0.05, 0) is 62.6 Å². The van der Waals surface area contributed by atoms with E-state index in [1.54, 1.807) is 18.2 Å². The zero-order valence-corrected chi connectivity index (χ0v) is 25.4. The van der Waals surface area contributed by atoms with Crippen LogP contribution in [-0.2, 0) is 26.2 Å². The molecule has 0 radical (unpaired) electrons. The zero-order chi connectivity index (χ0) is 29.4. The van der Waals surface area contributed by atoms with Gasteiger partial charge in [-0.3, -0.25) is 13.9 Å². The molecule has 0 saturated heterocycles. The molecule has 0 fully saturated rings. The van der Waals surface area contributed by atoms with Crippen LogP contribution in [0.1, 0.15) is 44.7 Å². The van der Waals surface area contributed by atoms with Gasteiger partial charge in [0.15, 0.2) is 0 Å². The molecule has 0 unspecified atom stereocenters. The van der Waals surface area contributed by atoms with Crippen LogP contribution in [0.3, 0.4) is 0 Å². The van der Waals surface area contributed by atoms with Gasteiger partial charge in [0.25, 0.3) is 10.0 Å². The van der Waals surface area contributed by atoms with E-state index in [0.717, 1.165) is 21.9 Å². The van der Waals surface area contributed by atoms with Crippen LogP contribution in [-0.4, -0.2) is 43.8 Å². The number of benzene rings is 3. The minimum Gasteiger partial charge on any atom is -0.352 e. The molecule has 3 rings (SSSR count). The second-order valence-electron chi connectivity index (χ2n) is 9.67. The number of sulfonamides is 1. The molecule has 10 heteroatoms. The lowest BCUT2D eigenvalue weighted by molar-refractivity contribution is -0.140. The van der Waals surface area contributed by atoms with Crippen molar-refractivity contribution in [1.29, 1.82) is 0 Å². The van der Waals surface area contributed by atoms with Gasteiger partial charge in [-0.2, -0.15) is 0 Å². The molecule has 3 aromatic rings. The standard InChI is InChI=1S/C30H35Cl2N3O4S/c1-5-22(4)33-30(37)27(6-2)34(19-23-14-12-21(3)13-15-23)29(36)20-35(28-17-16-24(31)18-26(28)32)40(38,39)25-10-8-7-9-11-25/h7-18,22,27H,5-6,19-20H2,1-4H3,(H,33,37)/t22-,27-/m1/s1. The zero-order valence-electron chi connectivity index (χ0n) is 23.1. The molecule has 40 heavy (non-hydrogen) atoms. The number of amides is 2. The topological polar surface area (TPSA) is 86.8 Å². The highest BCUT2D eigenvalue weighted by molar-refractivity contribution is 7.92. The predicted molar refractivity (Wildman–Crippen MR) is 161 cm³/mol. The van der Waals surface area contributed by atoms with E-state index < -0.39 is 28.5 Å². The number of rotatable bonds is 12. The third-order valence-electron chi connectivity index (χ3n) is 6.65. The Labute approximate surface area is 247 Å². The van der Waals surface area contributed by atoms with Crippen LogP contribution < -0.4 is 9.62 Å². The van der Waals surface area contributed by atoms with Crippen LogP contribution in [0, 0.1) is 6.92 Å². The smallest absolute Gasteiger partial charge is 0.264 e. The first kappa shape index (κ1) is 31.5. The molecule has 3 aromatic carbocycles. The van der Waals surface area contributed by atoms with Crippen LogP contribution in [0.5, 0.6) is 0 Å². The van der Waals surface area contributed by atoms with Crippen molar-refractivity contribution in [3.05, 3.63) is 94.0 Å². The molecule has 2 amide bonds. The lowest BCUT2D eigenvalue weighted by Gasteiger charge is -2.34. The van der Waals surface area contributed by atoms with Crippen molar-refractivity contribution in [3.63, 3.8) is 0 Å². The van der Waals surface area contributed by atoms with Crippen LogP contribution in [0.2, 0.25) is 10.0 Å². The molecule has 1 N–H and O–H groups in total. The van der Waals surface area contributed by atoms with E-state index in [9.17, 15) is 18.0 Å². The summed E-state index contributed by atoms with van der Waals surface area (Å²) in [5.41, 5.74) is 1.98. The van der Waals surface area contributed by atoms with Crippen LogP contribution >= 0.6 is 23.2 Å². The van der Waals surface area contributed by atoms with E-state index in [0.29, 0.717) is 11.4 Å². The highest BCUT2D eigenvalue weighted by Gasteiger charge is 2.34. The number of hydrogen-bond acceptors (Lipinski definition) is 4. The first-order valence-electron chi connectivity index (χ1n) is 13.2. The molecular weight excluding hydrogens is 569 g/mol. The second kappa shape index (κ2) is 14.0. The van der Waals surface area contributed by atoms with E-state index >= 15 is 0 Å². The lowest BCUT2D eigenvalue weighted by Crippen LogP contribution is -2.53. The Morgan fingerprint density at radius 2 is 1.57 bits per heavy atom. The summed E-state index contributed by atoms with van der Waals surface area (Å²) < 4.78 is 28.7. The Bertz CT molecular complexity index is 1420. The molecule has 0 aromatic heterocycles. The second-order valence-corrected chi connectivity index (χ2v) is 12.4. The number of halogens is 2. The van der Waals surface area contributed by atoms with Gasteiger partial charge >= 0.3 is 0 Å². The molecule has 7 nitrogen and oxygen atoms in total. The van der Waals surface area contributed by atoms with Crippen molar-refractivity contribution in [2.45, 2.75) is 64.1 Å². The quantitative estimate of drug-likeness (QED) is 0.266. The summed E-state index contributed by atoms with van der Waals surface area (Å²) in [6.07, 6.45) is 1.07. The molecule has 0 spiro atoms. The maximum Gasteiger partial charge on any atom is 0.264 e. The van der Waals surface area contributed by atoms with Crippen molar-refractivity contribution >= 4 is 50.7 Å². The van der Waals surface area contributed by atoms with Gasteiger partial charge in [0.05, 0.1) is 15.6 Å². The van der Waals surface area contributed by atoms with E-state index in [1.165, 1.54) is 35.2 Å². The molecule has 0 heterocycles. The molecule has 0 aliphatic heterocycles. The average molecular weight is 605 g/mol. The minimum atomic E-state index is -4.21. The summed E-state index contributed by atoms with van der Waals surface area (Å²) in [6, 6.07) is 19.0. The van der Waals surface area contributed by atoms with Crippen molar-refractivity contribution in [3.8, 4) is 0 Å². The van der Waals surface area contributed by atoms with Crippen molar-refractivity contribution in [1.82, 2.24) is 10.2 Å². The Balaban J connectivity index is 2.07. The third kappa shape index (κ3) is 7.77. The highest BCUT2D eigenvalue weighted by atomic mass is 35.5. The van der Waals surface area contributed by atoms with Crippen LogP contribution in [0.4, 0.5) is 5.69 Å². The monoisotopic (exact) mass is 603 g/mol. The number of carbonyl (C=O) groups excluding carboxylic acids is 2. The van der Waals surface area contributed by atoms with Gasteiger partial charge in [0.1, 0.15) is 12.6 Å². The van der Waals surface area contributed by atoms with E-state index in [2.05, 4.69) is 5.32 Å². The van der Waals surface area contributed by atoms with E-state index in [1.807, 2.05) is 52.0 Å². The number of carbonyl (C=O) groups is 2. The first-order chi connectivity index (χ1) is 19.0. The summed E-state index contributed by atoms with van der Waals surface area (Å²) in [7, 11) is -4.21. The average Bonchev–Trinajstić information content (AvgIpc) is 2.93. The number of nitrogens with one attached hydrogen (secondary N) is 1. The molecule has 0 aliphatic carbocycles. The van der Waals surface area contributed by atoms with E-state index in [4.69, 9.17) is 23.2 Å². The molecule has 0 bridgehead atoms. The van der Waals surface area contributed by atoms with Gasteiger partial charge in [0.2, 0.25) is 11.8 Å². The first-order valence-corrected chi connectivity index (χ1v) is 15.4. The molecule has 2 atom stereocenters. The molecule has 0 aliphatic rings. The summed E-state index contributed by atoms with van der Waals surface area (Å²) in [4.78, 5) is 28.9. The lowest BCUT2D eigenvalue weighted by atomic mass is 10.1. The SMILES string of the molecule is CC[C@@H](C)NC(=O)[C@@H](CC)N(Cc1ccc(C)cc1)C(=O)CN(c1ccc(Cl)cc1Cl)S(=O)(=O)c1ccccc1. The highest BCUT2D eigenvalue weighted by Crippen LogP contribution is 2.33. The van der Waals surface area contributed by atoms with Crippen LogP contribution in [0.25, 0.3) is 0 Å². The Morgan fingerprint density at radius 1 is 0.925 bits per heavy atom. The van der Waals surface area contributed by atoms with Crippen molar-refractivity contribution in [2.75, 3.05) is 10.8 Å². The van der Waals surface area contributed by atoms with Gasteiger partial charge in [0, 0.05) is 17.6 Å². The predicted octanol–water partition coefficient (Wildman–Crippen LogP) is 6.22. The Morgan fingerprint density at radius 3 is 2.15 bits per heavy atom. The maximum atomic E-state index is 14.1. The van der Waals surface area contributed by atoms with Crippen molar-refractivity contribution in [2.24, 2.45) is 0 Å². The molecule has 214 valence electrons. The number of aryl methyl sites for hydroxylation is 1. The maximum absolute atomic E-state index is 14.1. The largest absolute Gasteiger partial charge is 0.352 e. The summed E-state index contributed by atoms with van der Waals surface area (Å²) in [5, 5.41) is 3.37. The van der Waals surface area contributed by atoms with Crippen LogP contribution in [0.15, 0.2) is 77.7 Å². The van der Waals surface area contributed by atoms with Gasteiger partial charge in [-0.1, -0.05) is 85.1 Å². The summed E-state index contributed by atoms with van der Waals surface area (Å²) in [6.45, 7) is 7.20. The molecular formula is C30H35Cl2N3O4S. The number of hydrogen-bond donors (Lipinski definition) is 1. The van der Waals surface area contributed by atoms with Crippen molar-refractivity contribution < 1.29 is 18.0 Å². The number of anilines is 1. The van der Waals surface area contributed by atoms with Gasteiger partial charge in [-0.25, -0.2) is 8.42 Å². The fourth-order valence-electron chi connectivity index (χ4n) is 4.17. The Kier molecular flexibility index (Phi) is 11.0. The Hall–Kier alpha value is -3.07. The fourth-order valence-corrected chi connectivity index (χ4v) is 6.18. The summed E-state index contributed by atoms with van der Waals surface area (Å²) in [5.74, 6) is -0.837. The van der Waals surface area contributed by atoms with E-state index in [-0.39, 0.29) is 34.1 Å². The van der Waals surface area contributed by atoms with Gasteiger partial charge < -0.3 is 10.2 Å². The number of nitrogens with zero attached hydrogens (tertiary/aromatic N) is 2. The normalized spacial score (nSPS) is 12.8. The minimum absolute atomic E-state index is 0.000423. The third-order valence-corrected chi connectivity index (χ3v) is 8.96. The fraction of sp³-hybridized carbons (Fsp3) is 0.333. The molecule has 0 saturated carbocycles.